The topological polar surface area (TPSA) is 9.23 Å². The second-order valence-corrected chi connectivity index (χ2v) is 6.50. The molecule has 0 N–H and O–H groups in total. The molecule has 1 nitrogen and oxygen atoms in total. The summed E-state index contributed by atoms with van der Waals surface area (Å²) in [6.07, 6.45) is 1.49. The monoisotopic (exact) mass is 232 g/mol. The van der Waals surface area contributed by atoms with E-state index in [1.807, 2.05) is 6.07 Å². The average Bonchev–Trinajstić information content (AvgIpc) is 2.15. The molecule has 17 heavy (non-hydrogen) atoms. The van der Waals surface area contributed by atoms with Crippen LogP contribution in [0.15, 0.2) is 31.0 Å². The summed E-state index contributed by atoms with van der Waals surface area (Å²) in [6.45, 7) is 16.9. The molecule has 0 atom stereocenters. The molecule has 1 heteroatoms. The Kier molecular flexibility index (Phi) is 3.71. The zero-order valence-corrected chi connectivity index (χ0v) is 11.9. The smallest absolute Gasteiger partial charge is 0.130 e. The Balaban J connectivity index is 3.34. The van der Waals surface area contributed by atoms with Gasteiger partial charge in [-0.15, -0.1) is 0 Å². The Morgan fingerprint density at radius 2 is 1.59 bits per heavy atom. The highest BCUT2D eigenvalue weighted by Gasteiger charge is 2.22. The molecule has 0 aromatic heterocycles. The molecule has 0 heterocycles. The Morgan fingerprint density at radius 1 is 1.00 bits per heavy atom. The first-order chi connectivity index (χ1) is 7.66. The maximum Gasteiger partial charge on any atom is 0.130 e. The maximum absolute atomic E-state index is 5.50. The Bertz CT molecular complexity index is 403. The first-order valence-corrected chi connectivity index (χ1v) is 6.09. The van der Waals surface area contributed by atoms with Gasteiger partial charge in [-0.2, -0.15) is 0 Å². The largest absolute Gasteiger partial charge is 0.465 e. The second-order valence-electron chi connectivity index (χ2n) is 6.50. The summed E-state index contributed by atoms with van der Waals surface area (Å²) in [5.74, 6) is 0.903. The molecule has 94 valence electrons. The van der Waals surface area contributed by atoms with Gasteiger partial charge < -0.3 is 4.74 Å². The van der Waals surface area contributed by atoms with Crippen LogP contribution in [0.2, 0.25) is 0 Å². The van der Waals surface area contributed by atoms with Crippen molar-refractivity contribution in [2.24, 2.45) is 0 Å². The standard InChI is InChI=1S/C16H24O/c1-8-17-14-10-9-12(15(2,3)4)11-13(14)16(5,6)7/h8-11H,1H2,2-7H3. The van der Waals surface area contributed by atoms with E-state index in [0.717, 1.165) is 5.75 Å². The number of ether oxygens (including phenoxy) is 1. The fraction of sp³-hybridized carbons (Fsp3) is 0.500. The van der Waals surface area contributed by atoms with Gasteiger partial charge in [0.05, 0.1) is 6.26 Å². The van der Waals surface area contributed by atoms with Crippen molar-refractivity contribution in [3.05, 3.63) is 42.2 Å². The van der Waals surface area contributed by atoms with E-state index in [9.17, 15) is 0 Å². The molecule has 0 aliphatic rings. The van der Waals surface area contributed by atoms with Gasteiger partial charge in [-0.1, -0.05) is 60.3 Å². The van der Waals surface area contributed by atoms with Crippen LogP contribution >= 0.6 is 0 Å². The van der Waals surface area contributed by atoms with Crippen LogP contribution in [-0.2, 0) is 10.8 Å². The average molecular weight is 232 g/mol. The quantitative estimate of drug-likeness (QED) is 0.665. The zero-order chi connectivity index (χ0) is 13.3. The molecule has 0 bridgehead atoms. The maximum atomic E-state index is 5.50. The van der Waals surface area contributed by atoms with Crippen molar-refractivity contribution in [2.45, 2.75) is 52.4 Å². The fourth-order valence-electron chi connectivity index (χ4n) is 1.78. The molecular formula is C16H24O. The lowest BCUT2D eigenvalue weighted by molar-refractivity contribution is 0.453. The molecule has 0 spiro atoms. The molecule has 0 saturated carbocycles. The minimum Gasteiger partial charge on any atom is -0.465 e. The molecule has 0 radical (unpaired) electrons. The van der Waals surface area contributed by atoms with Crippen molar-refractivity contribution in [1.29, 1.82) is 0 Å². The summed E-state index contributed by atoms with van der Waals surface area (Å²) >= 11 is 0. The second kappa shape index (κ2) is 4.56. The zero-order valence-electron chi connectivity index (χ0n) is 11.9. The van der Waals surface area contributed by atoms with Gasteiger partial charge in [-0.3, -0.25) is 0 Å². The molecule has 1 aromatic carbocycles. The van der Waals surface area contributed by atoms with Crippen LogP contribution in [0.5, 0.6) is 5.75 Å². The van der Waals surface area contributed by atoms with Crippen molar-refractivity contribution >= 4 is 0 Å². The van der Waals surface area contributed by atoms with E-state index in [-0.39, 0.29) is 10.8 Å². The molecule has 0 amide bonds. The van der Waals surface area contributed by atoms with Gasteiger partial charge >= 0.3 is 0 Å². The number of hydrogen-bond donors (Lipinski definition) is 0. The third kappa shape index (κ3) is 3.36. The van der Waals surface area contributed by atoms with E-state index >= 15 is 0 Å². The molecule has 0 fully saturated rings. The van der Waals surface area contributed by atoms with Gasteiger partial charge in [-0.05, 0) is 22.5 Å². The van der Waals surface area contributed by atoms with Crippen LogP contribution in [0.1, 0.15) is 52.7 Å². The molecule has 0 unspecified atom stereocenters. The highest BCUT2D eigenvalue weighted by atomic mass is 16.5. The number of hydrogen-bond acceptors (Lipinski definition) is 1. The van der Waals surface area contributed by atoms with Crippen LogP contribution in [-0.4, -0.2) is 0 Å². The summed E-state index contributed by atoms with van der Waals surface area (Å²) in [5.41, 5.74) is 2.79. The Labute approximate surface area is 106 Å². The van der Waals surface area contributed by atoms with Gasteiger partial charge in [-0.25, -0.2) is 0 Å². The van der Waals surface area contributed by atoms with E-state index in [1.165, 1.54) is 17.4 Å². The first kappa shape index (κ1) is 13.8. The minimum atomic E-state index is 0.0691. The van der Waals surface area contributed by atoms with Gasteiger partial charge in [0.25, 0.3) is 0 Å². The van der Waals surface area contributed by atoms with Crippen molar-refractivity contribution in [3.63, 3.8) is 0 Å². The normalized spacial score (nSPS) is 12.4. The highest BCUT2D eigenvalue weighted by Crippen LogP contribution is 2.35. The summed E-state index contributed by atoms with van der Waals surface area (Å²) in [6, 6.07) is 6.43. The molecule has 1 aromatic rings. The molecule has 0 aliphatic carbocycles. The van der Waals surface area contributed by atoms with Crippen molar-refractivity contribution in [1.82, 2.24) is 0 Å². The Hall–Kier alpha value is -1.24. The van der Waals surface area contributed by atoms with Gasteiger partial charge in [0, 0.05) is 5.56 Å². The molecule has 0 aliphatic heterocycles. The van der Waals surface area contributed by atoms with Crippen molar-refractivity contribution in [2.75, 3.05) is 0 Å². The van der Waals surface area contributed by atoms with E-state index < -0.39 is 0 Å². The SMILES string of the molecule is C=COc1ccc(C(C)(C)C)cc1C(C)(C)C. The predicted molar refractivity (Wildman–Crippen MR) is 74.7 cm³/mol. The third-order valence-corrected chi connectivity index (χ3v) is 2.86. The van der Waals surface area contributed by atoms with Crippen molar-refractivity contribution < 1.29 is 4.74 Å². The van der Waals surface area contributed by atoms with Crippen LogP contribution in [0, 0.1) is 0 Å². The fourth-order valence-corrected chi connectivity index (χ4v) is 1.78. The van der Waals surface area contributed by atoms with Crippen LogP contribution in [0.3, 0.4) is 0 Å². The summed E-state index contributed by atoms with van der Waals surface area (Å²) in [7, 11) is 0. The van der Waals surface area contributed by atoms with Crippen LogP contribution in [0.4, 0.5) is 0 Å². The Morgan fingerprint density at radius 3 is 2.00 bits per heavy atom. The van der Waals surface area contributed by atoms with E-state index in [1.54, 1.807) is 0 Å². The summed E-state index contributed by atoms with van der Waals surface area (Å²) in [5, 5.41) is 0. The third-order valence-electron chi connectivity index (χ3n) is 2.86. The lowest BCUT2D eigenvalue weighted by atomic mass is 9.80. The van der Waals surface area contributed by atoms with E-state index in [4.69, 9.17) is 4.74 Å². The van der Waals surface area contributed by atoms with Crippen LogP contribution in [0.25, 0.3) is 0 Å². The molecule has 0 saturated heterocycles. The van der Waals surface area contributed by atoms with Crippen LogP contribution < -0.4 is 4.74 Å². The number of benzene rings is 1. The van der Waals surface area contributed by atoms with Gasteiger partial charge in [0.1, 0.15) is 5.75 Å². The molecular weight excluding hydrogens is 208 g/mol. The number of rotatable bonds is 2. The van der Waals surface area contributed by atoms with Gasteiger partial charge in [0.2, 0.25) is 0 Å². The summed E-state index contributed by atoms with van der Waals surface area (Å²) in [4.78, 5) is 0. The van der Waals surface area contributed by atoms with Gasteiger partial charge in [0.15, 0.2) is 0 Å². The van der Waals surface area contributed by atoms with E-state index in [2.05, 4.69) is 60.3 Å². The lowest BCUT2D eigenvalue weighted by Crippen LogP contribution is -2.17. The van der Waals surface area contributed by atoms with Crippen molar-refractivity contribution in [3.8, 4) is 5.75 Å². The first-order valence-electron chi connectivity index (χ1n) is 6.09. The highest BCUT2D eigenvalue weighted by molar-refractivity contribution is 5.43. The lowest BCUT2D eigenvalue weighted by Gasteiger charge is -2.26. The van der Waals surface area contributed by atoms with E-state index in [0.29, 0.717) is 0 Å². The predicted octanol–water partition coefficient (Wildman–Crippen LogP) is 4.80. The minimum absolute atomic E-state index is 0.0691. The summed E-state index contributed by atoms with van der Waals surface area (Å²) < 4.78 is 5.50. The molecule has 1 rings (SSSR count).